The molecule has 3 amide bonds. The molecule has 0 bridgehead atoms. The number of aromatic nitrogens is 1. The molecule has 0 fully saturated rings. The van der Waals surface area contributed by atoms with E-state index in [1.165, 1.54) is 26.2 Å². The predicted molar refractivity (Wildman–Crippen MR) is 155 cm³/mol. The molecule has 11 nitrogen and oxygen atoms in total. The molecule has 1 heterocycles. The SMILES string of the molecule is COc1cc([C@H](C(=O)NC(C)(C)C)N(C(=O)c2snc(C(N)=O)c2N)c2ccc(C)c(C)c2)cc(OC)c1OC. The van der Waals surface area contributed by atoms with Gasteiger partial charge >= 0.3 is 0 Å². The van der Waals surface area contributed by atoms with Crippen molar-refractivity contribution in [3.8, 4) is 17.2 Å². The van der Waals surface area contributed by atoms with E-state index in [2.05, 4.69) is 9.69 Å². The summed E-state index contributed by atoms with van der Waals surface area (Å²) in [6, 6.07) is 7.38. The first-order valence-electron chi connectivity index (χ1n) is 12.3. The Labute approximate surface area is 237 Å². The zero-order chi connectivity index (χ0) is 29.9. The van der Waals surface area contributed by atoms with Crippen molar-refractivity contribution in [1.29, 1.82) is 0 Å². The maximum absolute atomic E-state index is 14.3. The molecular weight excluding hydrogens is 534 g/mol. The number of nitrogen functional groups attached to an aromatic ring is 1. The Bertz CT molecular complexity index is 1420. The summed E-state index contributed by atoms with van der Waals surface area (Å²) in [5, 5.41) is 2.98. The minimum Gasteiger partial charge on any atom is -0.493 e. The summed E-state index contributed by atoms with van der Waals surface area (Å²) in [5.41, 5.74) is 13.2. The van der Waals surface area contributed by atoms with Gasteiger partial charge in [0.05, 0.1) is 27.0 Å². The third-order valence-corrected chi connectivity index (χ3v) is 7.00. The van der Waals surface area contributed by atoms with Gasteiger partial charge in [-0.2, -0.15) is 4.37 Å². The second kappa shape index (κ2) is 11.8. The third kappa shape index (κ3) is 6.12. The van der Waals surface area contributed by atoms with Crippen LogP contribution in [0.1, 0.15) is 63.7 Å². The van der Waals surface area contributed by atoms with Crippen molar-refractivity contribution in [2.45, 2.75) is 46.2 Å². The molecule has 0 saturated carbocycles. The smallest absolute Gasteiger partial charge is 0.273 e. The van der Waals surface area contributed by atoms with Gasteiger partial charge < -0.3 is 31.0 Å². The number of benzene rings is 2. The average Bonchev–Trinajstić information content (AvgIpc) is 3.28. The van der Waals surface area contributed by atoms with Crippen molar-refractivity contribution in [1.82, 2.24) is 9.69 Å². The van der Waals surface area contributed by atoms with Crippen molar-refractivity contribution in [3.63, 3.8) is 0 Å². The number of carbonyl (C=O) groups is 3. The number of nitrogens with two attached hydrogens (primary N) is 2. The fraction of sp³-hybridized carbons (Fsp3) is 0.357. The van der Waals surface area contributed by atoms with Crippen molar-refractivity contribution in [2.24, 2.45) is 5.73 Å². The Kier molecular flexibility index (Phi) is 8.93. The van der Waals surface area contributed by atoms with Crippen LogP contribution >= 0.6 is 11.5 Å². The van der Waals surface area contributed by atoms with Crippen molar-refractivity contribution >= 4 is 40.6 Å². The molecule has 0 aliphatic carbocycles. The Morgan fingerprint density at radius 3 is 2.02 bits per heavy atom. The van der Waals surface area contributed by atoms with E-state index in [4.69, 9.17) is 25.7 Å². The van der Waals surface area contributed by atoms with E-state index in [0.717, 1.165) is 22.7 Å². The summed E-state index contributed by atoms with van der Waals surface area (Å²) in [7, 11) is 4.39. The van der Waals surface area contributed by atoms with Gasteiger partial charge in [0.2, 0.25) is 11.7 Å². The first-order chi connectivity index (χ1) is 18.7. The van der Waals surface area contributed by atoms with E-state index in [1.807, 2.05) is 40.7 Å². The molecule has 0 aliphatic heterocycles. The molecule has 40 heavy (non-hydrogen) atoms. The number of anilines is 2. The number of methoxy groups -OCH3 is 3. The Hall–Kier alpha value is -4.32. The van der Waals surface area contributed by atoms with Gasteiger partial charge in [0.25, 0.3) is 11.8 Å². The van der Waals surface area contributed by atoms with Crippen LogP contribution in [0, 0.1) is 13.8 Å². The summed E-state index contributed by atoms with van der Waals surface area (Å²) >= 11 is 0.734. The summed E-state index contributed by atoms with van der Waals surface area (Å²) < 4.78 is 20.6. The molecular formula is C28H35N5O6S. The fourth-order valence-corrected chi connectivity index (χ4v) is 4.85. The van der Waals surface area contributed by atoms with E-state index in [9.17, 15) is 14.4 Å². The molecule has 0 saturated heterocycles. The second-order valence-corrected chi connectivity index (χ2v) is 11.0. The molecule has 3 rings (SSSR count). The third-order valence-electron chi connectivity index (χ3n) is 6.15. The molecule has 214 valence electrons. The second-order valence-electron chi connectivity index (χ2n) is 10.2. The normalized spacial score (nSPS) is 11.9. The minimum absolute atomic E-state index is 0.0342. The molecule has 0 aliphatic rings. The predicted octanol–water partition coefficient (Wildman–Crippen LogP) is 3.77. The number of ether oxygens (including phenoxy) is 3. The molecule has 1 atom stereocenters. The summed E-state index contributed by atoms with van der Waals surface area (Å²) in [5.74, 6) is -1.07. The molecule has 5 N–H and O–H groups in total. The number of amides is 3. The van der Waals surface area contributed by atoms with Gasteiger partial charge in [-0.25, -0.2) is 0 Å². The number of primary amides is 1. The lowest BCUT2D eigenvalue weighted by atomic mass is 9.98. The number of rotatable bonds is 9. The minimum atomic E-state index is -1.24. The fourth-order valence-electron chi connectivity index (χ4n) is 4.11. The lowest BCUT2D eigenvalue weighted by Crippen LogP contribution is -2.49. The first-order valence-corrected chi connectivity index (χ1v) is 13.1. The number of nitrogens with one attached hydrogen (secondary N) is 1. The van der Waals surface area contributed by atoms with Crippen molar-refractivity contribution in [2.75, 3.05) is 32.0 Å². The highest BCUT2D eigenvalue weighted by molar-refractivity contribution is 7.09. The van der Waals surface area contributed by atoms with Crippen LogP contribution in [0.4, 0.5) is 11.4 Å². The number of hydrogen-bond donors (Lipinski definition) is 3. The topological polar surface area (TPSA) is 159 Å². The monoisotopic (exact) mass is 569 g/mol. The zero-order valence-corrected chi connectivity index (χ0v) is 24.7. The lowest BCUT2D eigenvalue weighted by Gasteiger charge is -2.34. The van der Waals surface area contributed by atoms with E-state index in [-0.39, 0.29) is 16.3 Å². The Balaban J connectivity index is 2.38. The first kappa shape index (κ1) is 30.2. The number of carbonyl (C=O) groups excluding carboxylic acids is 3. The molecule has 12 heteroatoms. The van der Waals surface area contributed by atoms with Crippen molar-refractivity contribution < 1.29 is 28.6 Å². The van der Waals surface area contributed by atoms with Gasteiger partial charge in [-0.1, -0.05) is 6.07 Å². The van der Waals surface area contributed by atoms with Gasteiger partial charge in [0.1, 0.15) is 10.9 Å². The molecule has 0 unspecified atom stereocenters. The molecule has 0 radical (unpaired) electrons. The van der Waals surface area contributed by atoms with Crippen LogP contribution < -0.4 is 35.9 Å². The van der Waals surface area contributed by atoms with E-state index < -0.39 is 29.3 Å². The Morgan fingerprint density at radius 2 is 1.57 bits per heavy atom. The van der Waals surface area contributed by atoms with Gasteiger partial charge in [-0.15, -0.1) is 0 Å². The van der Waals surface area contributed by atoms with Crippen LogP contribution in [0.2, 0.25) is 0 Å². The van der Waals surface area contributed by atoms with Crippen LogP contribution in [0.15, 0.2) is 30.3 Å². The summed E-state index contributed by atoms with van der Waals surface area (Å²) in [6.45, 7) is 9.34. The summed E-state index contributed by atoms with van der Waals surface area (Å²) in [4.78, 5) is 41.5. The highest BCUT2D eigenvalue weighted by atomic mass is 32.1. The molecule has 3 aromatic rings. The van der Waals surface area contributed by atoms with E-state index in [1.54, 1.807) is 24.3 Å². The number of nitrogens with zero attached hydrogens (tertiary/aromatic N) is 2. The molecule has 1 aromatic heterocycles. The zero-order valence-electron chi connectivity index (χ0n) is 23.9. The average molecular weight is 570 g/mol. The quantitative estimate of drug-likeness (QED) is 0.351. The van der Waals surface area contributed by atoms with Gasteiger partial charge in [-0.3, -0.25) is 19.3 Å². The van der Waals surface area contributed by atoms with Crippen LogP contribution in [-0.4, -0.2) is 49.0 Å². The highest BCUT2D eigenvalue weighted by Gasteiger charge is 2.38. The molecule has 0 spiro atoms. The maximum Gasteiger partial charge on any atom is 0.273 e. The van der Waals surface area contributed by atoms with Crippen LogP contribution in [0.3, 0.4) is 0 Å². The van der Waals surface area contributed by atoms with Crippen LogP contribution in [-0.2, 0) is 4.79 Å². The van der Waals surface area contributed by atoms with Crippen LogP contribution in [0.5, 0.6) is 17.2 Å². The molecule has 2 aromatic carbocycles. The largest absolute Gasteiger partial charge is 0.493 e. The van der Waals surface area contributed by atoms with Crippen LogP contribution in [0.25, 0.3) is 0 Å². The maximum atomic E-state index is 14.3. The number of aryl methyl sites for hydroxylation is 2. The lowest BCUT2D eigenvalue weighted by molar-refractivity contribution is -0.123. The van der Waals surface area contributed by atoms with Gasteiger partial charge in [0.15, 0.2) is 17.2 Å². The van der Waals surface area contributed by atoms with E-state index in [0.29, 0.717) is 28.5 Å². The standard InChI is InChI=1S/C28H35N5O6S/c1-14-9-10-17(11-15(14)2)33(27(36)24-20(29)21(25(30)34)32-40-24)22(26(35)31-28(3,4)5)16-12-18(37-6)23(39-8)19(13-16)38-7/h9-13,22H,29H2,1-8H3,(H2,30,34)(H,31,35)/t22-/m1/s1. The summed E-state index contributed by atoms with van der Waals surface area (Å²) in [6.07, 6.45) is 0. The highest BCUT2D eigenvalue weighted by Crippen LogP contribution is 2.42. The number of hydrogen-bond acceptors (Lipinski definition) is 9. The van der Waals surface area contributed by atoms with E-state index >= 15 is 0 Å². The van der Waals surface area contributed by atoms with Gasteiger partial charge in [-0.05, 0) is 87.1 Å². The Morgan fingerprint density at radius 1 is 0.975 bits per heavy atom. The van der Waals surface area contributed by atoms with Crippen molar-refractivity contribution in [3.05, 3.63) is 57.6 Å². The van der Waals surface area contributed by atoms with Gasteiger partial charge in [0, 0.05) is 11.2 Å².